The Bertz CT molecular complexity index is 5160. The number of pyridine rings is 6. The number of rotatable bonds is 12. The minimum absolute atomic E-state index is 0.892. The quantitative estimate of drug-likeness (QED) is 0.121. The first-order chi connectivity index (χ1) is 47.6. The van der Waals surface area contributed by atoms with Crippen LogP contribution in [0.1, 0.15) is 0 Å². The van der Waals surface area contributed by atoms with Gasteiger partial charge in [-0.1, -0.05) is 72.8 Å². The molecular weight excluding hydrogens is 1180 g/mol. The summed E-state index contributed by atoms with van der Waals surface area (Å²) in [5, 5.41) is 6.42. The minimum Gasteiger partial charge on any atom is -0.301 e. The van der Waals surface area contributed by atoms with E-state index in [0.29, 0.717) is 0 Å². The van der Waals surface area contributed by atoms with E-state index < -0.39 is 0 Å². The van der Waals surface area contributed by atoms with E-state index in [4.69, 9.17) is 29.9 Å². The number of hydrogen-bond acceptors (Lipinski definition) is 6. The van der Waals surface area contributed by atoms with Crippen molar-refractivity contribution in [3.05, 3.63) is 329 Å². The smallest absolute Gasteiger partial charge is 0.144 e. The van der Waals surface area contributed by atoms with Gasteiger partial charge in [0.25, 0.3) is 0 Å². The van der Waals surface area contributed by atoms with Gasteiger partial charge in [-0.2, -0.15) is 0 Å². The van der Waals surface area contributed by atoms with Crippen LogP contribution in [0.4, 0.5) is 0 Å². The average Bonchev–Trinajstić information content (AvgIpc) is 0.879. The van der Waals surface area contributed by atoms with E-state index in [-0.39, 0.29) is 0 Å². The molecule has 0 saturated heterocycles. The molecule has 12 nitrogen and oxygen atoms in total. The monoisotopic (exact) mass is 1230 g/mol. The molecule has 0 amide bonds. The molecule has 12 heteroatoms. The van der Waals surface area contributed by atoms with Gasteiger partial charge in [0.2, 0.25) is 0 Å². The topological polar surface area (TPSA) is 107 Å². The second-order valence-corrected chi connectivity index (χ2v) is 24.1. The minimum atomic E-state index is 0.892. The molecule has 0 atom stereocenters. The molecule has 96 heavy (non-hydrogen) atoms. The largest absolute Gasteiger partial charge is 0.301 e. The zero-order chi connectivity index (χ0) is 63.2. The summed E-state index contributed by atoms with van der Waals surface area (Å²) >= 11 is 0. The summed E-state index contributed by atoms with van der Waals surface area (Å²) in [6.45, 7) is 0. The van der Waals surface area contributed by atoms with Crippen LogP contribution in [-0.4, -0.2) is 57.3 Å². The van der Waals surface area contributed by atoms with Crippen molar-refractivity contribution >= 4 is 66.2 Å². The van der Waals surface area contributed by atoms with Crippen LogP contribution in [0.2, 0.25) is 0 Å². The zero-order valence-corrected chi connectivity index (χ0v) is 51.5. The van der Waals surface area contributed by atoms with Gasteiger partial charge in [-0.3, -0.25) is 0 Å². The van der Waals surface area contributed by atoms with Crippen molar-refractivity contribution < 1.29 is 0 Å². The molecule has 450 valence electrons. The maximum absolute atomic E-state index is 4.86. The van der Waals surface area contributed by atoms with E-state index in [2.05, 4.69) is 283 Å². The lowest BCUT2D eigenvalue weighted by atomic mass is 9.74. The first-order valence-electron chi connectivity index (χ1n) is 32.0. The Hall–Kier alpha value is -13.3. The highest BCUT2D eigenvalue weighted by atomic mass is 15.1. The maximum Gasteiger partial charge on any atom is 0.144 e. The predicted molar refractivity (Wildman–Crippen MR) is 387 cm³/mol. The van der Waals surface area contributed by atoms with Gasteiger partial charge in [0.05, 0.1) is 0 Å². The van der Waals surface area contributed by atoms with Crippen LogP contribution in [0.5, 0.6) is 0 Å². The van der Waals surface area contributed by atoms with Crippen molar-refractivity contribution in [2.24, 2.45) is 0 Å². The summed E-state index contributed by atoms with van der Waals surface area (Å²) in [7, 11) is 0. The molecule has 19 aromatic rings. The van der Waals surface area contributed by atoms with Crippen LogP contribution in [0, 0.1) is 0 Å². The normalized spacial score (nSPS) is 11.8. The van der Waals surface area contributed by atoms with Gasteiger partial charge >= 0.3 is 0 Å². The van der Waals surface area contributed by atoms with Crippen LogP contribution in [0.15, 0.2) is 329 Å². The SMILES string of the molecule is c1cnc2c(c1)ccn2-c1ccc(-c2c(-c3ccc(-n4ccc5cccnc54)cc3)c(-c3ccc(-n4ccc5cccnc54)cc3)c(-c3ccc(-n4ccc5cccnc54)cc3)c(-c3ccc(-n4ccc5cccnc54)cc3)c2-c2ccc(-n3ccc4cccnc43)cc2)cc1. The lowest BCUT2D eigenvalue weighted by Crippen LogP contribution is -2.04. The van der Waals surface area contributed by atoms with Gasteiger partial charge in [-0.05, 0) is 249 Å². The molecule has 0 spiro atoms. The van der Waals surface area contributed by atoms with E-state index in [9.17, 15) is 0 Å². The molecule has 0 aliphatic heterocycles. The van der Waals surface area contributed by atoms with Crippen LogP contribution < -0.4 is 0 Å². The predicted octanol–water partition coefficient (Wildman–Crippen LogP) is 19.7. The average molecular weight is 1230 g/mol. The molecule has 0 fully saturated rings. The summed E-state index contributed by atoms with van der Waals surface area (Å²) < 4.78 is 13.0. The Morgan fingerprint density at radius 2 is 0.302 bits per heavy atom. The summed E-state index contributed by atoms with van der Waals surface area (Å²) in [5.41, 5.74) is 23.9. The van der Waals surface area contributed by atoms with Crippen LogP contribution >= 0.6 is 0 Å². The second-order valence-electron chi connectivity index (χ2n) is 24.1. The molecule has 0 bridgehead atoms. The number of hydrogen-bond donors (Lipinski definition) is 0. The van der Waals surface area contributed by atoms with Crippen molar-refractivity contribution in [3.8, 4) is 101 Å². The van der Waals surface area contributed by atoms with Crippen molar-refractivity contribution in [2.45, 2.75) is 0 Å². The number of fused-ring (bicyclic) bond motifs is 6. The van der Waals surface area contributed by atoms with Crippen molar-refractivity contribution in [2.75, 3.05) is 0 Å². The molecule has 12 aromatic heterocycles. The van der Waals surface area contributed by atoms with E-state index in [1.807, 2.05) is 73.6 Å². The van der Waals surface area contributed by atoms with E-state index >= 15 is 0 Å². The van der Waals surface area contributed by atoms with Gasteiger partial charge in [0.1, 0.15) is 33.9 Å². The Morgan fingerprint density at radius 1 is 0.156 bits per heavy atom. The Labute approximate surface area is 550 Å². The molecule has 0 saturated carbocycles. The van der Waals surface area contributed by atoms with Crippen LogP contribution in [0.3, 0.4) is 0 Å². The first-order valence-corrected chi connectivity index (χ1v) is 32.0. The lowest BCUT2D eigenvalue weighted by molar-refractivity contribution is 1.09. The fraction of sp³-hybridized carbons (Fsp3) is 0. The standard InChI is InChI=1S/C84H54N12/c1-7-61-37-49-91(79(61)85-43-1)67-25-13-55(14-26-67)73-74(56-15-27-68(28-16-56)92-50-38-62-8-2-44-86-80(62)92)76(58-19-31-70(32-20-58)94-52-40-64-10-4-46-88-82(64)94)78(60-23-35-72(36-24-60)96-54-42-66-12-6-48-90-84(66)96)77(59-21-33-71(34-22-59)95-53-41-65-11-5-47-89-83(65)95)75(73)57-17-29-69(30-18-57)93-51-39-63-9-3-45-87-81(63)93/h1-54H. The highest BCUT2D eigenvalue weighted by Crippen LogP contribution is 2.56. The van der Waals surface area contributed by atoms with E-state index in [1.54, 1.807) is 0 Å². The van der Waals surface area contributed by atoms with Crippen molar-refractivity contribution in [1.82, 2.24) is 57.3 Å². The fourth-order valence-corrected chi connectivity index (χ4v) is 14.3. The third-order valence-corrected chi connectivity index (χ3v) is 18.8. The molecular formula is C84H54N12. The van der Waals surface area contributed by atoms with Gasteiger partial charge in [-0.15, -0.1) is 0 Å². The summed E-state index contributed by atoms with van der Waals surface area (Å²) in [6, 6.07) is 91.7. The van der Waals surface area contributed by atoms with E-state index in [1.165, 1.54) is 0 Å². The molecule has 7 aromatic carbocycles. The number of nitrogens with zero attached hydrogens (tertiary/aromatic N) is 12. The fourth-order valence-electron chi connectivity index (χ4n) is 14.3. The number of aromatic nitrogens is 12. The molecule has 0 N–H and O–H groups in total. The second kappa shape index (κ2) is 22.2. The third-order valence-electron chi connectivity index (χ3n) is 18.8. The van der Waals surface area contributed by atoms with Gasteiger partial charge in [0, 0.05) is 141 Å². The summed E-state index contributed by atoms with van der Waals surface area (Å²) in [5.74, 6) is 0. The lowest BCUT2D eigenvalue weighted by Gasteiger charge is -2.29. The molecule has 12 heterocycles. The molecule has 0 aliphatic rings. The highest BCUT2D eigenvalue weighted by Gasteiger charge is 2.30. The third kappa shape index (κ3) is 8.99. The Morgan fingerprint density at radius 3 is 0.448 bits per heavy atom. The highest BCUT2D eigenvalue weighted by molar-refractivity contribution is 6.15. The first kappa shape index (κ1) is 54.4. The van der Waals surface area contributed by atoms with Crippen LogP contribution in [0.25, 0.3) is 167 Å². The molecule has 0 radical (unpaired) electrons. The zero-order valence-electron chi connectivity index (χ0n) is 51.5. The van der Waals surface area contributed by atoms with E-state index in [0.717, 1.165) is 167 Å². The molecule has 0 aliphatic carbocycles. The maximum atomic E-state index is 4.86. The van der Waals surface area contributed by atoms with Crippen molar-refractivity contribution in [3.63, 3.8) is 0 Å². The molecule has 0 unspecified atom stereocenters. The van der Waals surface area contributed by atoms with Gasteiger partial charge in [0.15, 0.2) is 0 Å². The Kier molecular flexibility index (Phi) is 12.6. The number of benzene rings is 7. The molecule has 19 rings (SSSR count). The summed E-state index contributed by atoms with van der Waals surface area (Å²) in [6.07, 6.45) is 23.8. The summed E-state index contributed by atoms with van der Waals surface area (Å²) in [4.78, 5) is 29.2. The Balaban J connectivity index is 0.942. The van der Waals surface area contributed by atoms with Gasteiger partial charge in [-0.25, -0.2) is 29.9 Å². The van der Waals surface area contributed by atoms with Crippen molar-refractivity contribution in [1.29, 1.82) is 0 Å². The van der Waals surface area contributed by atoms with Crippen LogP contribution in [-0.2, 0) is 0 Å². The van der Waals surface area contributed by atoms with Gasteiger partial charge < -0.3 is 27.4 Å².